The van der Waals surface area contributed by atoms with Crippen molar-refractivity contribution in [2.75, 3.05) is 0 Å². The Balaban J connectivity index is 2.41. The number of hydrogen-bond acceptors (Lipinski definition) is 3. The molecule has 17 heavy (non-hydrogen) atoms. The lowest BCUT2D eigenvalue weighted by molar-refractivity contribution is -0.136. The Labute approximate surface area is 98.2 Å². The van der Waals surface area contributed by atoms with Gasteiger partial charge in [-0.25, -0.2) is 4.98 Å². The zero-order chi connectivity index (χ0) is 12.3. The Kier molecular flexibility index (Phi) is 3.05. The summed E-state index contributed by atoms with van der Waals surface area (Å²) in [5.74, 6) is -1.11. The molecule has 0 saturated heterocycles. The first-order valence-corrected chi connectivity index (χ1v) is 5.13. The zero-order valence-corrected chi connectivity index (χ0v) is 9.00. The van der Waals surface area contributed by atoms with Crippen molar-refractivity contribution in [3.05, 3.63) is 48.2 Å². The van der Waals surface area contributed by atoms with Crippen molar-refractivity contribution < 1.29 is 15.0 Å². The number of pyridine rings is 1. The van der Waals surface area contributed by atoms with E-state index in [-0.39, 0.29) is 17.9 Å². The standard InChI is InChI=1S/C13H11NO3/c15-12-7-6-10(9-4-2-1-3-5-9)14-11(12)8-13(16)17/h1-7,15H,8H2,(H,16,17). The minimum Gasteiger partial charge on any atom is -0.506 e. The SMILES string of the molecule is O=C(O)Cc1nc(-c2ccccc2)ccc1O. The molecule has 0 aliphatic rings. The number of aliphatic carboxylic acids is 1. The molecule has 2 rings (SSSR count). The van der Waals surface area contributed by atoms with Gasteiger partial charge in [-0.3, -0.25) is 4.79 Å². The molecule has 0 fully saturated rings. The second-order valence-electron chi connectivity index (χ2n) is 3.60. The third-order valence-corrected chi connectivity index (χ3v) is 2.34. The Morgan fingerprint density at radius 1 is 1.12 bits per heavy atom. The third-order valence-electron chi connectivity index (χ3n) is 2.34. The van der Waals surface area contributed by atoms with E-state index in [9.17, 15) is 9.90 Å². The van der Waals surface area contributed by atoms with Gasteiger partial charge in [0.15, 0.2) is 0 Å². The Morgan fingerprint density at radius 2 is 1.82 bits per heavy atom. The first-order chi connectivity index (χ1) is 8.16. The summed E-state index contributed by atoms with van der Waals surface area (Å²) in [7, 11) is 0. The van der Waals surface area contributed by atoms with Gasteiger partial charge in [-0.15, -0.1) is 0 Å². The predicted molar refractivity (Wildman–Crippen MR) is 62.7 cm³/mol. The third kappa shape index (κ3) is 2.60. The maximum Gasteiger partial charge on any atom is 0.309 e. The molecular formula is C13H11NO3. The van der Waals surface area contributed by atoms with Crippen LogP contribution in [-0.4, -0.2) is 21.2 Å². The topological polar surface area (TPSA) is 70.4 Å². The van der Waals surface area contributed by atoms with Crippen molar-refractivity contribution in [2.45, 2.75) is 6.42 Å². The van der Waals surface area contributed by atoms with Crippen LogP contribution < -0.4 is 0 Å². The van der Waals surface area contributed by atoms with Crippen molar-refractivity contribution in [2.24, 2.45) is 0 Å². The smallest absolute Gasteiger partial charge is 0.309 e. The van der Waals surface area contributed by atoms with E-state index in [1.165, 1.54) is 6.07 Å². The van der Waals surface area contributed by atoms with Crippen LogP contribution in [0.5, 0.6) is 5.75 Å². The molecule has 0 amide bonds. The van der Waals surface area contributed by atoms with Crippen LogP contribution in [-0.2, 0) is 11.2 Å². The first-order valence-electron chi connectivity index (χ1n) is 5.13. The van der Waals surface area contributed by atoms with E-state index in [0.717, 1.165) is 5.56 Å². The van der Waals surface area contributed by atoms with Gasteiger partial charge in [-0.05, 0) is 12.1 Å². The van der Waals surface area contributed by atoms with Crippen LogP contribution in [0.4, 0.5) is 0 Å². The highest BCUT2D eigenvalue weighted by atomic mass is 16.4. The van der Waals surface area contributed by atoms with Gasteiger partial charge in [0, 0.05) is 5.56 Å². The highest BCUT2D eigenvalue weighted by Gasteiger charge is 2.09. The normalized spacial score (nSPS) is 10.1. The monoisotopic (exact) mass is 229 g/mol. The predicted octanol–water partition coefficient (Wildman–Crippen LogP) is 2.08. The number of nitrogens with zero attached hydrogens (tertiary/aromatic N) is 1. The van der Waals surface area contributed by atoms with Crippen LogP contribution in [0.1, 0.15) is 5.69 Å². The second-order valence-corrected chi connectivity index (χ2v) is 3.60. The summed E-state index contributed by atoms with van der Waals surface area (Å²) < 4.78 is 0. The van der Waals surface area contributed by atoms with Crippen LogP contribution in [0.25, 0.3) is 11.3 Å². The molecule has 0 saturated carbocycles. The fourth-order valence-electron chi connectivity index (χ4n) is 1.54. The summed E-state index contributed by atoms with van der Waals surface area (Å²) in [6.07, 6.45) is -0.285. The van der Waals surface area contributed by atoms with E-state index in [4.69, 9.17) is 5.11 Å². The zero-order valence-electron chi connectivity index (χ0n) is 9.00. The maximum atomic E-state index is 10.6. The van der Waals surface area contributed by atoms with Gasteiger partial charge in [-0.1, -0.05) is 30.3 Å². The number of carbonyl (C=O) groups is 1. The van der Waals surface area contributed by atoms with Gasteiger partial charge < -0.3 is 10.2 Å². The van der Waals surface area contributed by atoms with E-state index in [2.05, 4.69) is 4.98 Å². The Morgan fingerprint density at radius 3 is 2.47 bits per heavy atom. The van der Waals surface area contributed by atoms with Gasteiger partial charge in [0.2, 0.25) is 0 Å². The number of rotatable bonds is 3. The maximum absolute atomic E-state index is 10.6. The van der Waals surface area contributed by atoms with Crippen LogP contribution >= 0.6 is 0 Å². The molecule has 2 aromatic rings. The molecule has 0 radical (unpaired) electrons. The highest BCUT2D eigenvalue weighted by molar-refractivity contribution is 5.71. The molecule has 4 nitrogen and oxygen atoms in total. The van der Waals surface area contributed by atoms with Gasteiger partial charge >= 0.3 is 5.97 Å². The van der Waals surface area contributed by atoms with Gasteiger partial charge in [0.25, 0.3) is 0 Å². The molecule has 0 atom stereocenters. The van der Waals surface area contributed by atoms with Crippen molar-refractivity contribution in [3.8, 4) is 17.0 Å². The summed E-state index contributed by atoms with van der Waals surface area (Å²) in [6.45, 7) is 0. The molecule has 1 aromatic carbocycles. The lowest BCUT2D eigenvalue weighted by Gasteiger charge is -2.05. The van der Waals surface area contributed by atoms with Gasteiger partial charge in [-0.2, -0.15) is 0 Å². The summed E-state index contributed by atoms with van der Waals surface area (Å²) in [6, 6.07) is 12.5. The van der Waals surface area contributed by atoms with Crippen molar-refractivity contribution >= 4 is 5.97 Å². The Bertz CT molecular complexity index is 538. The molecule has 2 N–H and O–H groups in total. The van der Waals surface area contributed by atoms with E-state index < -0.39 is 5.97 Å². The summed E-state index contributed by atoms with van der Waals surface area (Å²) >= 11 is 0. The van der Waals surface area contributed by atoms with Crippen LogP contribution in [0, 0.1) is 0 Å². The molecule has 0 aliphatic heterocycles. The molecule has 86 valence electrons. The summed E-state index contributed by atoms with van der Waals surface area (Å²) in [5, 5.41) is 18.2. The minimum absolute atomic E-state index is 0.0907. The summed E-state index contributed by atoms with van der Waals surface area (Å²) in [5.41, 5.74) is 1.72. The number of carboxylic acid groups (broad SMARTS) is 1. The van der Waals surface area contributed by atoms with Crippen molar-refractivity contribution in [3.63, 3.8) is 0 Å². The van der Waals surface area contributed by atoms with E-state index in [1.807, 2.05) is 30.3 Å². The van der Waals surface area contributed by atoms with Crippen LogP contribution in [0.15, 0.2) is 42.5 Å². The minimum atomic E-state index is -1.02. The quantitative estimate of drug-likeness (QED) is 0.845. The molecule has 4 heteroatoms. The number of benzene rings is 1. The number of aromatic hydroxyl groups is 1. The van der Waals surface area contributed by atoms with E-state index in [1.54, 1.807) is 6.07 Å². The molecule has 0 unspecified atom stereocenters. The molecule has 0 aliphatic carbocycles. The average Bonchev–Trinajstić information content (AvgIpc) is 2.32. The largest absolute Gasteiger partial charge is 0.506 e. The molecular weight excluding hydrogens is 218 g/mol. The second kappa shape index (κ2) is 4.65. The first kappa shape index (κ1) is 11.1. The number of aromatic nitrogens is 1. The van der Waals surface area contributed by atoms with Crippen molar-refractivity contribution in [1.29, 1.82) is 0 Å². The number of carboxylic acids is 1. The fourth-order valence-corrected chi connectivity index (χ4v) is 1.54. The highest BCUT2D eigenvalue weighted by Crippen LogP contribution is 2.22. The molecule has 0 spiro atoms. The molecule has 1 aromatic heterocycles. The van der Waals surface area contributed by atoms with Gasteiger partial charge in [0.05, 0.1) is 17.8 Å². The molecule has 1 heterocycles. The van der Waals surface area contributed by atoms with Crippen LogP contribution in [0.2, 0.25) is 0 Å². The summed E-state index contributed by atoms with van der Waals surface area (Å²) in [4.78, 5) is 14.8. The van der Waals surface area contributed by atoms with Gasteiger partial charge in [0.1, 0.15) is 5.75 Å². The van der Waals surface area contributed by atoms with E-state index in [0.29, 0.717) is 5.69 Å². The Hall–Kier alpha value is -2.36. The van der Waals surface area contributed by atoms with Crippen LogP contribution in [0.3, 0.4) is 0 Å². The lowest BCUT2D eigenvalue weighted by Crippen LogP contribution is -2.03. The fraction of sp³-hybridized carbons (Fsp3) is 0.0769. The van der Waals surface area contributed by atoms with E-state index >= 15 is 0 Å². The number of hydrogen-bond donors (Lipinski definition) is 2. The average molecular weight is 229 g/mol. The molecule has 0 bridgehead atoms. The lowest BCUT2D eigenvalue weighted by atomic mass is 10.1. The van der Waals surface area contributed by atoms with Crippen molar-refractivity contribution in [1.82, 2.24) is 4.98 Å².